The summed E-state index contributed by atoms with van der Waals surface area (Å²) in [4.78, 5) is 8.94. The van der Waals surface area contributed by atoms with Crippen molar-refractivity contribution in [3.05, 3.63) is 53.6 Å². The highest BCUT2D eigenvalue weighted by atomic mass is 32.2. The highest BCUT2D eigenvalue weighted by Gasteiger charge is 2.35. The first kappa shape index (κ1) is 30.0. The Morgan fingerprint density at radius 2 is 1.85 bits per heavy atom. The number of ether oxygens (including phenoxy) is 3. The van der Waals surface area contributed by atoms with E-state index in [-0.39, 0.29) is 26.1 Å². The second kappa shape index (κ2) is 12.7. The molecule has 2 aromatic heterocycles. The zero-order valence-electron chi connectivity index (χ0n) is 22.8. The molecule has 0 amide bonds. The van der Waals surface area contributed by atoms with E-state index in [2.05, 4.69) is 24.9 Å². The summed E-state index contributed by atoms with van der Waals surface area (Å²) in [5, 5.41) is 8.93. The van der Waals surface area contributed by atoms with Gasteiger partial charge in [-0.3, -0.25) is 9.12 Å². The molecular formula is C24H33N7O7S2. The molecule has 0 bridgehead atoms. The molecule has 1 aromatic carbocycles. The number of aryl methyl sites for hydroxylation is 1. The molecule has 4 atom stereocenters. The van der Waals surface area contributed by atoms with Gasteiger partial charge in [0.25, 0.3) is 0 Å². The van der Waals surface area contributed by atoms with Crippen LogP contribution in [-0.4, -0.2) is 92.4 Å². The van der Waals surface area contributed by atoms with E-state index in [1.165, 1.54) is 18.5 Å². The predicted molar refractivity (Wildman–Crippen MR) is 146 cm³/mol. The number of benzene rings is 1. The predicted octanol–water partition coefficient (Wildman–Crippen LogP) is 1.16. The first-order chi connectivity index (χ1) is 19.0. The Hall–Kier alpha value is -3.02. The smallest absolute Gasteiger partial charge is 0.231 e. The normalized spacial score (nSPS) is 18.7. The summed E-state index contributed by atoms with van der Waals surface area (Å²) < 4.78 is 68.9. The molecule has 218 valence electrons. The van der Waals surface area contributed by atoms with Gasteiger partial charge in [0, 0.05) is 43.9 Å². The number of hydrogen-bond donors (Lipinski definition) is 2. The third-order valence-electron chi connectivity index (χ3n) is 6.59. The molecule has 16 heteroatoms. The summed E-state index contributed by atoms with van der Waals surface area (Å²) in [6.45, 7) is 4.06. The van der Waals surface area contributed by atoms with Gasteiger partial charge in [-0.05, 0) is 31.5 Å². The van der Waals surface area contributed by atoms with Gasteiger partial charge in [0.2, 0.25) is 21.3 Å². The molecule has 3 aromatic rings. The molecule has 40 heavy (non-hydrogen) atoms. The molecule has 0 aliphatic carbocycles. The maximum atomic E-state index is 12.3. The average Bonchev–Trinajstić information content (AvgIpc) is 3.34. The summed E-state index contributed by atoms with van der Waals surface area (Å²) >= 11 is -2.29. The molecule has 2 N–H and O–H groups in total. The quantitative estimate of drug-likeness (QED) is 0.305. The van der Waals surface area contributed by atoms with Gasteiger partial charge in [-0.25, -0.2) is 27.3 Å². The molecule has 4 rings (SSSR count). The van der Waals surface area contributed by atoms with Crippen molar-refractivity contribution >= 4 is 21.3 Å². The molecule has 14 nitrogen and oxygen atoms in total. The lowest BCUT2D eigenvalue weighted by Gasteiger charge is -2.31. The number of aromatic nitrogens is 5. The number of rotatable bonds is 11. The van der Waals surface area contributed by atoms with Crippen molar-refractivity contribution in [3.8, 4) is 17.2 Å². The fraction of sp³-hybridized carbons (Fsp3) is 0.500. The fourth-order valence-corrected chi connectivity index (χ4v) is 5.87. The molecule has 3 heterocycles. The minimum absolute atomic E-state index is 0.0420. The largest absolute Gasteiger partial charge is 0.494 e. The number of methoxy groups -OCH3 is 2. The minimum Gasteiger partial charge on any atom is -0.494 e. The van der Waals surface area contributed by atoms with Crippen LogP contribution in [0.3, 0.4) is 0 Å². The fourth-order valence-electron chi connectivity index (χ4n) is 4.57. The Balaban J connectivity index is 1.87. The third-order valence-corrected chi connectivity index (χ3v) is 8.44. The van der Waals surface area contributed by atoms with Crippen LogP contribution in [0.4, 0.5) is 0 Å². The molecule has 1 aliphatic heterocycles. The van der Waals surface area contributed by atoms with Crippen LogP contribution in [0.5, 0.6) is 11.5 Å². The van der Waals surface area contributed by atoms with Crippen LogP contribution in [0.1, 0.15) is 42.0 Å². The Labute approximate surface area is 235 Å². The van der Waals surface area contributed by atoms with Crippen LogP contribution >= 0.6 is 0 Å². The van der Waals surface area contributed by atoms with Crippen LogP contribution < -0.4 is 14.2 Å². The number of para-hydroxylation sites is 1. The second-order valence-corrected chi connectivity index (χ2v) is 12.1. The first-order valence-corrected chi connectivity index (χ1v) is 15.4. The SMILES string of the molecule is COc1cccc(OC)c1-n1c(C[C@@H](c2ncc(C)cn2)[C@@H](C)NS(=O)O)nnc1[C@@H]1CN(S(C)(=O)=O)CCO1. The minimum atomic E-state index is -3.48. The van der Waals surface area contributed by atoms with Gasteiger partial charge in [0.05, 0.1) is 27.1 Å². The number of sulfonamides is 1. The molecule has 0 saturated carbocycles. The molecule has 0 spiro atoms. The maximum absolute atomic E-state index is 12.3. The van der Waals surface area contributed by atoms with Gasteiger partial charge < -0.3 is 14.2 Å². The van der Waals surface area contributed by atoms with E-state index in [1.807, 2.05) is 6.92 Å². The summed E-state index contributed by atoms with van der Waals surface area (Å²) in [5.41, 5.74) is 1.36. The zero-order chi connectivity index (χ0) is 29.0. The van der Waals surface area contributed by atoms with Crippen LogP contribution in [0.25, 0.3) is 5.69 Å². The third kappa shape index (κ3) is 6.64. The highest BCUT2D eigenvalue weighted by Crippen LogP contribution is 2.37. The lowest BCUT2D eigenvalue weighted by molar-refractivity contribution is -0.00838. The standard InChI is InChI=1S/C24H33N7O7S2/c1-15-12-25-23(26-13-15)17(16(2)29-39(32)33)11-21-27-28-24(20-14-30(9-10-38-20)40(5,34)35)31(21)22-18(36-3)7-6-8-19(22)37-4/h6-8,12-13,16-17,20,29H,9-11,14H2,1-5H3,(H,32,33)/t16-,17-,20+/m1/s1. The van der Waals surface area contributed by atoms with Gasteiger partial charge in [-0.15, -0.1) is 10.2 Å². The molecule has 0 radical (unpaired) electrons. The summed E-state index contributed by atoms with van der Waals surface area (Å²) in [7, 11) is -0.428. The average molecular weight is 596 g/mol. The van der Waals surface area contributed by atoms with E-state index in [0.717, 1.165) is 11.8 Å². The number of nitrogens with one attached hydrogen (secondary N) is 1. The number of nitrogens with zero attached hydrogens (tertiary/aromatic N) is 6. The van der Waals surface area contributed by atoms with Crippen molar-refractivity contribution in [2.75, 3.05) is 40.2 Å². The zero-order valence-corrected chi connectivity index (χ0v) is 24.5. The number of morpholine rings is 1. The topological polar surface area (TPSA) is 171 Å². The Bertz CT molecular complexity index is 1430. The Kier molecular flexibility index (Phi) is 9.48. The van der Waals surface area contributed by atoms with E-state index in [1.54, 1.807) is 42.1 Å². The lowest BCUT2D eigenvalue weighted by atomic mass is 9.96. The summed E-state index contributed by atoms with van der Waals surface area (Å²) in [6, 6.07) is 4.75. The Morgan fingerprint density at radius 3 is 2.42 bits per heavy atom. The van der Waals surface area contributed by atoms with Gasteiger partial charge >= 0.3 is 0 Å². The van der Waals surface area contributed by atoms with Crippen LogP contribution in [0.2, 0.25) is 0 Å². The molecule has 1 saturated heterocycles. The van der Waals surface area contributed by atoms with Crippen molar-refractivity contribution in [3.63, 3.8) is 0 Å². The van der Waals surface area contributed by atoms with Gasteiger partial charge in [-0.1, -0.05) is 6.07 Å². The Morgan fingerprint density at radius 1 is 1.20 bits per heavy atom. The van der Waals surface area contributed by atoms with Crippen LogP contribution in [0, 0.1) is 6.92 Å². The first-order valence-electron chi connectivity index (χ1n) is 12.4. The summed E-state index contributed by atoms with van der Waals surface area (Å²) in [5.74, 6) is 1.64. The van der Waals surface area contributed by atoms with E-state index < -0.39 is 39.4 Å². The van der Waals surface area contributed by atoms with E-state index in [9.17, 15) is 17.2 Å². The van der Waals surface area contributed by atoms with Crippen molar-refractivity contribution in [2.45, 2.75) is 38.3 Å². The molecule has 1 unspecified atom stereocenters. The summed E-state index contributed by atoms with van der Waals surface area (Å²) in [6.07, 6.45) is 3.94. The van der Waals surface area contributed by atoms with Crippen LogP contribution in [-0.2, 0) is 32.4 Å². The molecule has 1 fully saturated rings. The molecule has 1 aliphatic rings. The van der Waals surface area contributed by atoms with Gasteiger partial charge in [0.1, 0.15) is 34.9 Å². The molecular weight excluding hydrogens is 562 g/mol. The van der Waals surface area contributed by atoms with Crippen molar-refractivity contribution in [2.24, 2.45) is 0 Å². The van der Waals surface area contributed by atoms with Gasteiger partial charge in [0.15, 0.2) is 5.82 Å². The second-order valence-electron chi connectivity index (χ2n) is 9.39. The van der Waals surface area contributed by atoms with E-state index in [4.69, 9.17) is 14.2 Å². The van der Waals surface area contributed by atoms with Crippen molar-refractivity contribution in [1.29, 1.82) is 0 Å². The van der Waals surface area contributed by atoms with E-state index >= 15 is 0 Å². The monoisotopic (exact) mass is 595 g/mol. The number of hydrogen-bond acceptors (Lipinski definition) is 10. The van der Waals surface area contributed by atoms with E-state index in [0.29, 0.717) is 34.7 Å². The van der Waals surface area contributed by atoms with Crippen molar-refractivity contribution < 1.29 is 31.4 Å². The van der Waals surface area contributed by atoms with Gasteiger partial charge in [-0.2, -0.15) is 4.31 Å². The van der Waals surface area contributed by atoms with Crippen molar-refractivity contribution in [1.82, 2.24) is 33.8 Å². The maximum Gasteiger partial charge on any atom is 0.231 e. The highest BCUT2D eigenvalue weighted by molar-refractivity contribution is 7.88. The van der Waals surface area contributed by atoms with Crippen LogP contribution in [0.15, 0.2) is 30.6 Å². The lowest BCUT2D eigenvalue weighted by Crippen LogP contribution is -2.42.